The van der Waals surface area contributed by atoms with Crippen molar-refractivity contribution in [2.24, 2.45) is 11.7 Å². The van der Waals surface area contributed by atoms with Gasteiger partial charge < -0.3 is 10.6 Å². The Labute approximate surface area is 168 Å². The lowest BCUT2D eigenvalue weighted by molar-refractivity contribution is -0.385. The number of nitrogens with two attached hydrogens (primary N) is 1. The lowest BCUT2D eigenvalue weighted by Crippen LogP contribution is -2.38. The zero-order valence-corrected chi connectivity index (χ0v) is 16.7. The molecule has 1 saturated heterocycles. The topological polar surface area (TPSA) is 136 Å². The number of benzene rings is 2. The molecule has 0 atom stereocenters. The first-order chi connectivity index (χ1) is 13.7. The Morgan fingerprint density at radius 3 is 2.48 bits per heavy atom. The summed E-state index contributed by atoms with van der Waals surface area (Å²) < 4.78 is 28.1. The van der Waals surface area contributed by atoms with E-state index in [1.807, 2.05) is 6.07 Å². The summed E-state index contributed by atoms with van der Waals surface area (Å²) in [4.78, 5) is 23.7. The summed E-state index contributed by atoms with van der Waals surface area (Å²) in [6.07, 6.45) is 1.30. The molecule has 0 spiro atoms. The second kappa shape index (κ2) is 8.08. The molecule has 1 aliphatic rings. The molecule has 0 aromatic heterocycles. The molecule has 0 radical (unpaired) electrons. The van der Waals surface area contributed by atoms with Crippen LogP contribution in [0.1, 0.15) is 18.4 Å². The first-order valence-corrected chi connectivity index (χ1v) is 10.6. The highest BCUT2D eigenvalue weighted by Crippen LogP contribution is 2.29. The maximum Gasteiger partial charge on any atom is 0.273 e. The number of amides is 1. The summed E-state index contributed by atoms with van der Waals surface area (Å²) in [7, 11) is -4.00. The summed E-state index contributed by atoms with van der Waals surface area (Å²) in [6, 6.07) is 10.9. The molecule has 1 fully saturated rings. The van der Waals surface area contributed by atoms with Crippen molar-refractivity contribution in [2.75, 3.05) is 22.7 Å². The number of primary amides is 1. The van der Waals surface area contributed by atoms with Gasteiger partial charge in [-0.05, 0) is 44.0 Å². The Balaban J connectivity index is 1.81. The van der Waals surface area contributed by atoms with Gasteiger partial charge in [-0.1, -0.05) is 12.1 Å². The number of carbonyl (C=O) groups excluding carboxylic acids is 1. The normalized spacial score (nSPS) is 15.1. The van der Waals surface area contributed by atoms with E-state index in [-0.39, 0.29) is 28.0 Å². The van der Waals surface area contributed by atoms with Crippen LogP contribution in [0.15, 0.2) is 47.4 Å². The molecule has 1 aliphatic heterocycles. The van der Waals surface area contributed by atoms with Crippen LogP contribution < -0.4 is 15.4 Å². The van der Waals surface area contributed by atoms with E-state index in [9.17, 15) is 23.3 Å². The van der Waals surface area contributed by atoms with Crippen molar-refractivity contribution in [1.82, 2.24) is 0 Å². The summed E-state index contributed by atoms with van der Waals surface area (Å²) in [5, 5.41) is 11.1. The third-order valence-electron chi connectivity index (χ3n) is 5.10. The third kappa shape index (κ3) is 4.48. The molecule has 3 N–H and O–H groups in total. The monoisotopic (exact) mass is 418 g/mol. The first-order valence-electron chi connectivity index (χ1n) is 9.10. The summed E-state index contributed by atoms with van der Waals surface area (Å²) in [5.74, 6) is -0.428. The minimum absolute atomic E-state index is 0.0784. The van der Waals surface area contributed by atoms with Crippen molar-refractivity contribution in [3.05, 3.63) is 58.1 Å². The second-order valence-electron chi connectivity index (χ2n) is 6.98. The lowest BCUT2D eigenvalue weighted by Gasteiger charge is -2.32. The number of carbonyl (C=O) groups is 1. The van der Waals surface area contributed by atoms with E-state index in [2.05, 4.69) is 9.62 Å². The Kier molecular flexibility index (Phi) is 5.73. The summed E-state index contributed by atoms with van der Waals surface area (Å²) in [5.41, 5.74) is 6.37. The van der Waals surface area contributed by atoms with E-state index < -0.39 is 14.9 Å². The molecule has 0 aliphatic carbocycles. The number of rotatable bonds is 6. The molecule has 2 aromatic carbocycles. The van der Waals surface area contributed by atoms with Crippen LogP contribution in [-0.4, -0.2) is 32.3 Å². The number of sulfonamides is 1. The van der Waals surface area contributed by atoms with Crippen molar-refractivity contribution in [1.29, 1.82) is 0 Å². The van der Waals surface area contributed by atoms with Crippen molar-refractivity contribution >= 4 is 33.0 Å². The predicted molar refractivity (Wildman–Crippen MR) is 109 cm³/mol. The molecule has 1 amide bonds. The van der Waals surface area contributed by atoms with Crippen LogP contribution in [0.2, 0.25) is 0 Å². The molecule has 0 bridgehead atoms. The molecule has 154 valence electrons. The van der Waals surface area contributed by atoms with Gasteiger partial charge in [-0.2, -0.15) is 0 Å². The Bertz CT molecular complexity index is 1050. The van der Waals surface area contributed by atoms with Crippen molar-refractivity contribution in [3.8, 4) is 0 Å². The molecule has 9 nitrogen and oxygen atoms in total. The Hall–Kier alpha value is -3.14. The average molecular weight is 418 g/mol. The van der Waals surface area contributed by atoms with E-state index in [1.54, 1.807) is 18.2 Å². The van der Waals surface area contributed by atoms with Gasteiger partial charge in [0.1, 0.15) is 0 Å². The SMILES string of the molecule is Cc1c([N+](=O)[O-])cccc1S(=O)(=O)Nc1cccc(N2CCC(C(N)=O)CC2)c1. The second-order valence-corrected chi connectivity index (χ2v) is 8.63. The number of nitro benzene ring substituents is 1. The van der Waals surface area contributed by atoms with Gasteiger partial charge in [-0.3, -0.25) is 19.6 Å². The Morgan fingerprint density at radius 1 is 1.21 bits per heavy atom. The van der Waals surface area contributed by atoms with Crippen LogP contribution in [0.5, 0.6) is 0 Å². The van der Waals surface area contributed by atoms with E-state index in [0.717, 1.165) is 5.69 Å². The zero-order chi connectivity index (χ0) is 21.2. The van der Waals surface area contributed by atoms with Gasteiger partial charge in [0.05, 0.1) is 15.5 Å². The van der Waals surface area contributed by atoms with Crippen molar-refractivity contribution in [3.63, 3.8) is 0 Å². The van der Waals surface area contributed by atoms with Crippen molar-refractivity contribution in [2.45, 2.75) is 24.7 Å². The molecule has 0 saturated carbocycles. The number of nitrogens with zero attached hydrogens (tertiary/aromatic N) is 2. The van der Waals surface area contributed by atoms with Crippen LogP contribution >= 0.6 is 0 Å². The number of hydrogen-bond acceptors (Lipinski definition) is 6. The van der Waals surface area contributed by atoms with Crippen LogP contribution in [0.4, 0.5) is 17.1 Å². The van der Waals surface area contributed by atoms with Crippen LogP contribution in [0, 0.1) is 23.0 Å². The number of nitro groups is 1. The third-order valence-corrected chi connectivity index (χ3v) is 6.63. The van der Waals surface area contributed by atoms with Gasteiger partial charge in [0, 0.05) is 36.3 Å². The fourth-order valence-corrected chi connectivity index (χ4v) is 4.80. The number of anilines is 2. The summed E-state index contributed by atoms with van der Waals surface area (Å²) in [6.45, 7) is 2.70. The highest BCUT2D eigenvalue weighted by Gasteiger charge is 2.25. The minimum Gasteiger partial charge on any atom is -0.371 e. The Morgan fingerprint density at radius 2 is 1.86 bits per heavy atom. The first kappa shape index (κ1) is 20.6. The average Bonchev–Trinajstić information content (AvgIpc) is 2.67. The molecular formula is C19H22N4O5S. The van der Waals surface area contributed by atoms with Crippen molar-refractivity contribution < 1.29 is 18.1 Å². The van der Waals surface area contributed by atoms with Gasteiger partial charge >= 0.3 is 0 Å². The number of nitrogens with one attached hydrogen (secondary N) is 1. The van der Waals surface area contributed by atoms with E-state index in [4.69, 9.17) is 5.73 Å². The maximum atomic E-state index is 12.8. The van der Waals surface area contributed by atoms with Gasteiger partial charge in [-0.25, -0.2) is 8.42 Å². The maximum absolute atomic E-state index is 12.8. The molecule has 10 heteroatoms. The molecule has 2 aromatic rings. The molecule has 29 heavy (non-hydrogen) atoms. The van der Waals surface area contributed by atoms with Gasteiger partial charge in [0.2, 0.25) is 5.91 Å². The van der Waals surface area contributed by atoms with Crippen LogP contribution in [0.25, 0.3) is 0 Å². The fourth-order valence-electron chi connectivity index (χ4n) is 3.49. The van der Waals surface area contributed by atoms with E-state index >= 15 is 0 Å². The molecule has 1 heterocycles. The highest BCUT2D eigenvalue weighted by atomic mass is 32.2. The highest BCUT2D eigenvalue weighted by molar-refractivity contribution is 7.92. The fraction of sp³-hybridized carbons (Fsp3) is 0.316. The summed E-state index contributed by atoms with van der Waals surface area (Å²) >= 11 is 0. The smallest absolute Gasteiger partial charge is 0.273 e. The standard InChI is InChI=1S/C19H22N4O5S/c1-13-17(23(25)26)6-3-7-18(13)29(27,28)21-15-4-2-5-16(12-15)22-10-8-14(9-11-22)19(20)24/h2-7,12,14,21H,8-11H2,1H3,(H2,20,24). The van der Waals surface area contributed by atoms with Gasteiger partial charge in [0.25, 0.3) is 15.7 Å². The number of piperidine rings is 1. The van der Waals surface area contributed by atoms with E-state index in [0.29, 0.717) is 31.6 Å². The van der Waals surface area contributed by atoms with E-state index in [1.165, 1.54) is 25.1 Å². The molecule has 0 unspecified atom stereocenters. The molecular weight excluding hydrogens is 396 g/mol. The number of hydrogen-bond donors (Lipinski definition) is 2. The predicted octanol–water partition coefficient (Wildman–Crippen LogP) is 2.41. The lowest BCUT2D eigenvalue weighted by atomic mass is 9.96. The van der Waals surface area contributed by atoms with Crippen LogP contribution in [-0.2, 0) is 14.8 Å². The minimum atomic E-state index is -4.00. The van der Waals surface area contributed by atoms with Gasteiger partial charge in [0.15, 0.2) is 0 Å². The van der Waals surface area contributed by atoms with Gasteiger partial charge in [-0.15, -0.1) is 0 Å². The molecule has 3 rings (SSSR count). The van der Waals surface area contributed by atoms with Crippen LogP contribution in [0.3, 0.4) is 0 Å². The zero-order valence-electron chi connectivity index (χ0n) is 15.9. The quantitative estimate of drug-likeness (QED) is 0.546. The largest absolute Gasteiger partial charge is 0.371 e.